The lowest BCUT2D eigenvalue weighted by Gasteiger charge is -2.33. The second-order valence-electron chi connectivity index (χ2n) is 3.15. The fourth-order valence-corrected chi connectivity index (χ4v) is 2.14. The van der Waals surface area contributed by atoms with Gasteiger partial charge in [-0.3, -0.25) is 0 Å². The summed E-state index contributed by atoms with van der Waals surface area (Å²) in [4.78, 5) is 8.97. The molecule has 1 aliphatic rings. The molecule has 0 aliphatic carbocycles. The van der Waals surface area contributed by atoms with Crippen LogP contribution in [-0.2, 0) is 0 Å². The minimum Gasteiger partial charge on any atom is -0.344 e. The topological polar surface area (TPSA) is 32.3 Å². The van der Waals surface area contributed by atoms with Crippen LogP contribution in [0.25, 0.3) is 0 Å². The smallest absolute Gasteiger partial charge is 0.205 e. The molecule has 5 heteroatoms. The zero-order chi connectivity index (χ0) is 9.10. The van der Waals surface area contributed by atoms with Gasteiger partial charge in [0.2, 0.25) is 5.13 Å². The highest BCUT2D eigenvalue weighted by atomic mass is 32.1. The highest BCUT2D eigenvalue weighted by molar-refractivity contribution is 7.09. The average Bonchev–Trinajstić information content (AvgIpc) is 2.71. The van der Waals surface area contributed by atoms with Crippen LogP contribution in [0.2, 0.25) is 0 Å². The standard InChI is InChI=1S/C8H14N4S/c1-2-11-3-5-12(6-4-11)8-9-7-10-13-8/h7H,2-6H2,1H3. The van der Waals surface area contributed by atoms with Crippen molar-refractivity contribution in [3.63, 3.8) is 0 Å². The van der Waals surface area contributed by atoms with Crippen molar-refractivity contribution in [3.05, 3.63) is 6.33 Å². The van der Waals surface area contributed by atoms with E-state index in [9.17, 15) is 0 Å². The minimum atomic E-state index is 1.07. The normalized spacial score (nSPS) is 19.3. The molecule has 1 aliphatic heterocycles. The Morgan fingerprint density at radius 2 is 2.15 bits per heavy atom. The van der Waals surface area contributed by atoms with E-state index in [2.05, 4.69) is 26.1 Å². The molecular formula is C8H14N4S. The van der Waals surface area contributed by atoms with Gasteiger partial charge in [-0.1, -0.05) is 6.92 Å². The summed E-state index contributed by atoms with van der Waals surface area (Å²) < 4.78 is 4.01. The first kappa shape index (κ1) is 8.90. The lowest BCUT2D eigenvalue weighted by Crippen LogP contribution is -2.46. The molecule has 2 heterocycles. The summed E-state index contributed by atoms with van der Waals surface area (Å²) in [6, 6.07) is 0. The van der Waals surface area contributed by atoms with Gasteiger partial charge >= 0.3 is 0 Å². The summed E-state index contributed by atoms with van der Waals surface area (Å²) in [5.41, 5.74) is 0. The molecule has 0 aromatic carbocycles. The molecule has 4 nitrogen and oxygen atoms in total. The molecule has 1 saturated heterocycles. The fraction of sp³-hybridized carbons (Fsp3) is 0.750. The van der Waals surface area contributed by atoms with Gasteiger partial charge in [-0.25, -0.2) is 4.98 Å². The van der Waals surface area contributed by atoms with Crippen molar-refractivity contribution in [2.45, 2.75) is 6.92 Å². The van der Waals surface area contributed by atoms with E-state index in [0.29, 0.717) is 0 Å². The number of hydrogen-bond donors (Lipinski definition) is 0. The van der Waals surface area contributed by atoms with Gasteiger partial charge in [-0.2, -0.15) is 4.37 Å². The van der Waals surface area contributed by atoms with Gasteiger partial charge in [0.1, 0.15) is 6.33 Å². The molecule has 13 heavy (non-hydrogen) atoms. The highest BCUT2D eigenvalue weighted by Gasteiger charge is 2.17. The van der Waals surface area contributed by atoms with Crippen LogP contribution in [0.3, 0.4) is 0 Å². The van der Waals surface area contributed by atoms with Crippen LogP contribution in [0, 0.1) is 0 Å². The van der Waals surface area contributed by atoms with E-state index in [1.54, 1.807) is 6.33 Å². The van der Waals surface area contributed by atoms with Gasteiger partial charge in [-0.15, -0.1) is 0 Å². The number of piperazine rings is 1. The van der Waals surface area contributed by atoms with Crippen molar-refractivity contribution < 1.29 is 0 Å². The molecule has 72 valence electrons. The predicted molar refractivity (Wildman–Crippen MR) is 54.2 cm³/mol. The fourth-order valence-electron chi connectivity index (χ4n) is 1.56. The molecule has 2 rings (SSSR count). The van der Waals surface area contributed by atoms with Crippen LogP contribution in [0.5, 0.6) is 0 Å². The Morgan fingerprint density at radius 3 is 2.69 bits per heavy atom. The first-order valence-electron chi connectivity index (χ1n) is 4.64. The number of likely N-dealkylation sites (N-methyl/N-ethyl adjacent to an activating group) is 1. The van der Waals surface area contributed by atoms with Crippen LogP contribution in [0.15, 0.2) is 6.33 Å². The Kier molecular flexibility index (Phi) is 2.75. The molecular weight excluding hydrogens is 184 g/mol. The van der Waals surface area contributed by atoms with Crippen molar-refractivity contribution in [2.75, 3.05) is 37.6 Å². The van der Waals surface area contributed by atoms with Crippen LogP contribution < -0.4 is 4.90 Å². The molecule has 0 spiro atoms. The number of anilines is 1. The first-order chi connectivity index (χ1) is 6.40. The summed E-state index contributed by atoms with van der Waals surface area (Å²) >= 11 is 1.48. The van der Waals surface area contributed by atoms with Crippen LogP contribution in [0.1, 0.15) is 6.92 Å². The zero-order valence-electron chi connectivity index (χ0n) is 7.81. The SMILES string of the molecule is CCN1CCN(c2ncns2)CC1. The number of nitrogens with zero attached hydrogens (tertiary/aromatic N) is 4. The van der Waals surface area contributed by atoms with E-state index in [1.807, 2.05) is 0 Å². The molecule has 0 atom stereocenters. The van der Waals surface area contributed by atoms with E-state index in [0.717, 1.165) is 37.9 Å². The number of aromatic nitrogens is 2. The third-order valence-corrected chi connectivity index (χ3v) is 3.17. The summed E-state index contributed by atoms with van der Waals surface area (Å²) in [6.45, 7) is 7.84. The minimum absolute atomic E-state index is 1.07. The molecule has 0 saturated carbocycles. The monoisotopic (exact) mass is 198 g/mol. The summed E-state index contributed by atoms with van der Waals surface area (Å²) in [7, 11) is 0. The lowest BCUT2D eigenvalue weighted by molar-refractivity contribution is 0.271. The lowest BCUT2D eigenvalue weighted by atomic mass is 10.3. The maximum Gasteiger partial charge on any atom is 0.205 e. The van der Waals surface area contributed by atoms with Gasteiger partial charge in [0, 0.05) is 37.7 Å². The van der Waals surface area contributed by atoms with E-state index in [-0.39, 0.29) is 0 Å². The largest absolute Gasteiger partial charge is 0.344 e. The van der Waals surface area contributed by atoms with Crippen LogP contribution in [-0.4, -0.2) is 47.0 Å². The highest BCUT2D eigenvalue weighted by Crippen LogP contribution is 2.16. The summed E-state index contributed by atoms with van der Waals surface area (Å²) in [6.07, 6.45) is 1.63. The van der Waals surface area contributed by atoms with Gasteiger partial charge in [0.15, 0.2) is 0 Å². The van der Waals surface area contributed by atoms with E-state index < -0.39 is 0 Å². The Morgan fingerprint density at radius 1 is 1.38 bits per heavy atom. The van der Waals surface area contributed by atoms with Crippen molar-refractivity contribution in [1.29, 1.82) is 0 Å². The summed E-state index contributed by atoms with van der Waals surface area (Å²) in [5.74, 6) is 0. The first-order valence-corrected chi connectivity index (χ1v) is 5.41. The Labute approximate surface area is 82.4 Å². The molecule has 0 amide bonds. The molecule has 0 unspecified atom stereocenters. The van der Waals surface area contributed by atoms with Gasteiger partial charge in [0.25, 0.3) is 0 Å². The van der Waals surface area contributed by atoms with Crippen LogP contribution >= 0.6 is 11.5 Å². The average molecular weight is 198 g/mol. The third-order valence-electron chi connectivity index (χ3n) is 2.44. The molecule has 0 bridgehead atoms. The third kappa shape index (κ3) is 1.97. The Bertz CT molecular complexity index is 241. The number of rotatable bonds is 2. The molecule has 1 aromatic heterocycles. The van der Waals surface area contributed by atoms with Crippen molar-refractivity contribution >= 4 is 16.7 Å². The maximum absolute atomic E-state index is 4.21. The number of hydrogen-bond acceptors (Lipinski definition) is 5. The van der Waals surface area contributed by atoms with Crippen molar-refractivity contribution in [3.8, 4) is 0 Å². The molecule has 1 fully saturated rings. The molecule has 0 N–H and O–H groups in total. The Balaban J connectivity index is 1.92. The predicted octanol–water partition coefficient (Wildman–Crippen LogP) is 0.680. The van der Waals surface area contributed by atoms with Crippen molar-refractivity contribution in [2.24, 2.45) is 0 Å². The maximum atomic E-state index is 4.21. The molecule has 1 aromatic rings. The van der Waals surface area contributed by atoms with E-state index >= 15 is 0 Å². The quantitative estimate of drug-likeness (QED) is 0.699. The Hall–Kier alpha value is -0.680. The van der Waals surface area contributed by atoms with Crippen molar-refractivity contribution in [1.82, 2.24) is 14.3 Å². The zero-order valence-corrected chi connectivity index (χ0v) is 8.63. The molecule has 0 radical (unpaired) electrons. The summed E-state index contributed by atoms with van der Waals surface area (Å²) in [5, 5.41) is 1.07. The second-order valence-corrected chi connectivity index (χ2v) is 3.90. The van der Waals surface area contributed by atoms with Gasteiger partial charge in [-0.05, 0) is 6.54 Å². The van der Waals surface area contributed by atoms with E-state index in [1.165, 1.54) is 11.5 Å². The second kappa shape index (κ2) is 4.02. The van der Waals surface area contributed by atoms with Gasteiger partial charge < -0.3 is 9.80 Å². The van der Waals surface area contributed by atoms with Gasteiger partial charge in [0.05, 0.1) is 0 Å². The van der Waals surface area contributed by atoms with Crippen LogP contribution in [0.4, 0.5) is 5.13 Å². The van der Waals surface area contributed by atoms with E-state index in [4.69, 9.17) is 0 Å².